The smallest absolute Gasteiger partial charge is 0.356 e. The van der Waals surface area contributed by atoms with E-state index in [4.69, 9.17) is 21.1 Å². The number of aromatic nitrogens is 1. The van der Waals surface area contributed by atoms with Crippen molar-refractivity contribution in [1.29, 1.82) is 0 Å². The summed E-state index contributed by atoms with van der Waals surface area (Å²) in [5.74, 6) is -0.0585. The molecule has 76 valence electrons. The van der Waals surface area contributed by atoms with Gasteiger partial charge in [0.25, 0.3) is 0 Å². The van der Waals surface area contributed by atoms with Gasteiger partial charge in [0.15, 0.2) is 5.75 Å². The number of rotatable bonds is 3. The van der Waals surface area contributed by atoms with Gasteiger partial charge in [-0.15, -0.1) is 0 Å². The molecule has 0 spiro atoms. The third-order valence-electron chi connectivity index (χ3n) is 1.52. The average molecular weight is 216 g/mol. The molecule has 0 atom stereocenters. The summed E-state index contributed by atoms with van der Waals surface area (Å²) in [4.78, 5) is 15.1. The molecule has 0 aliphatic carbocycles. The maximum absolute atomic E-state index is 11.2. The van der Waals surface area contributed by atoms with Gasteiger partial charge in [-0.3, -0.25) is 0 Å². The Hall–Kier alpha value is -1.29. The van der Waals surface area contributed by atoms with Gasteiger partial charge in [0.2, 0.25) is 0 Å². The molecule has 1 heterocycles. The Morgan fingerprint density at radius 2 is 2.36 bits per heavy atom. The van der Waals surface area contributed by atoms with Gasteiger partial charge in [-0.1, -0.05) is 11.6 Å². The first-order valence-electron chi connectivity index (χ1n) is 4.05. The van der Waals surface area contributed by atoms with Crippen LogP contribution in [0, 0.1) is 0 Å². The van der Waals surface area contributed by atoms with Gasteiger partial charge in [0, 0.05) is 0 Å². The quantitative estimate of drug-likeness (QED) is 0.723. The molecule has 0 aliphatic heterocycles. The van der Waals surface area contributed by atoms with Crippen molar-refractivity contribution in [3.05, 3.63) is 23.0 Å². The number of halogens is 1. The van der Waals surface area contributed by atoms with Crippen LogP contribution < -0.4 is 4.74 Å². The van der Waals surface area contributed by atoms with Crippen molar-refractivity contribution in [2.24, 2.45) is 0 Å². The largest absolute Gasteiger partial charge is 0.494 e. The maximum Gasteiger partial charge on any atom is 0.356 e. The molecule has 14 heavy (non-hydrogen) atoms. The number of carbonyl (C=O) groups is 1. The van der Waals surface area contributed by atoms with Crippen molar-refractivity contribution in [2.75, 3.05) is 13.7 Å². The number of methoxy groups -OCH3 is 1. The second-order valence-corrected chi connectivity index (χ2v) is 2.83. The molecule has 1 aromatic rings. The maximum atomic E-state index is 11.2. The fourth-order valence-corrected chi connectivity index (χ4v) is 1.11. The van der Waals surface area contributed by atoms with Gasteiger partial charge < -0.3 is 9.47 Å². The summed E-state index contributed by atoms with van der Waals surface area (Å²) < 4.78 is 9.65. The Morgan fingerprint density at radius 3 is 2.86 bits per heavy atom. The van der Waals surface area contributed by atoms with Crippen molar-refractivity contribution in [3.63, 3.8) is 0 Å². The van der Waals surface area contributed by atoms with Crippen LogP contribution >= 0.6 is 11.6 Å². The van der Waals surface area contributed by atoms with Gasteiger partial charge in [-0.25, -0.2) is 9.78 Å². The van der Waals surface area contributed by atoms with E-state index in [2.05, 4.69) is 4.98 Å². The van der Waals surface area contributed by atoms with Crippen molar-refractivity contribution >= 4 is 17.6 Å². The zero-order valence-electron chi connectivity index (χ0n) is 7.91. The molecule has 0 saturated carbocycles. The van der Waals surface area contributed by atoms with Crippen LogP contribution in [0.1, 0.15) is 17.4 Å². The van der Waals surface area contributed by atoms with E-state index in [1.165, 1.54) is 19.4 Å². The highest BCUT2D eigenvalue weighted by atomic mass is 35.5. The lowest BCUT2D eigenvalue weighted by Gasteiger charge is -2.04. The first-order chi connectivity index (χ1) is 6.69. The van der Waals surface area contributed by atoms with Crippen molar-refractivity contribution < 1.29 is 14.3 Å². The molecule has 0 aromatic carbocycles. The van der Waals surface area contributed by atoms with Gasteiger partial charge in [0.05, 0.1) is 24.9 Å². The molecule has 0 radical (unpaired) electrons. The number of hydrogen-bond donors (Lipinski definition) is 0. The molecule has 0 saturated heterocycles. The Kier molecular flexibility index (Phi) is 3.71. The molecule has 0 fully saturated rings. The summed E-state index contributed by atoms with van der Waals surface area (Å²) in [5, 5.41) is 0.338. The molecular weight excluding hydrogens is 206 g/mol. The van der Waals surface area contributed by atoms with Gasteiger partial charge in [0.1, 0.15) is 5.69 Å². The van der Waals surface area contributed by atoms with Crippen LogP contribution in [-0.4, -0.2) is 24.7 Å². The number of pyridine rings is 1. The van der Waals surface area contributed by atoms with Gasteiger partial charge >= 0.3 is 5.97 Å². The number of nitrogens with zero attached hydrogens (tertiary/aromatic N) is 1. The van der Waals surface area contributed by atoms with Crippen LogP contribution in [0.3, 0.4) is 0 Å². The minimum atomic E-state index is -0.489. The predicted octanol–water partition coefficient (Wildman–Crippen LogP) is 1.92. The highest BCUT2D eigenvalue weighted by Crippen LogP contribution is 2.23. The normalized spacial score (nSPS) is 9.64. The summed E-state index contributed by atoms with van der Waals surface area (Å²) in [5.41, 5.74) is 0.178. The summed E-state index contributed by atoms with van der Waals surface area (Å²) in [7, 11) is 1.48. The molecule has 4 nitrogen and oxygen atoms in total. The van der Waals surface area contributed by atoms with Crippen LogP contribution in [0.5, 0.6) is 5.75 Å². The van der Waals surface area contributed by atoms with Crippen molar-refractivity contribution in [3.8, 4) is 5.75 Å². The van der Waals surface area contributed by atoms with Crippen LogP contribution in [0.15, 0.2) is 12.3 Å². The van der Waals surface area contributed by atoms with E-state index >= 15 is 0 Å². The molecule has 0 N–H and O–H groups in total. The summed E-state index contributed by atoms with van der Waals surface area (Å²) in [6.07, 6.45) is 1.38. The Balaban J connectivity index is 2.91. The third kappa shape index (κ3) is 2.35. The highest BCUT2D eigenvalue weighted by molar-refractivity contribution is 6.32. The van der Waals surface area contributed by atoms with E-state index in [-0.39, 0.29) is 5.69 Å². The fourth-order valence-electron chi connectivity index (χ4n) is 0.885. The Morgan fingerprint density at radius 1 is 1.64 bits per heavy atom. The first-order valence-corrected chi connectivity index (χ1v) is 4.43. The molecule has 1 aromatic heterocycles. The average Bonchev–Trinajstić information content (AvgIpc) is 2.18. The van der Waals surface area contributed by atoms with Gasteiger partial charge in [-0.05, 0) is 13.0 Å². The van der Waals surface area contributed by atoms with E-state index in [9.17, 15) is 4.79 Å². The minimum Gasteiger partial charge on any atom is -0.494 e. The van der Waals surface area contributed by atoms with E-state index in [1.807, 2.05) is 0 Å². The second-order valence-electron chi connectivity index (χ2n) is 2.42. The van der Waals surface area contributed by atoms with Crippen molar-refractivity contribution in [2.45, 2.75) is 6.92 Å². The van der Waals surface area contributed by atoms with Gasteiger partial charge in [-0.2, -0.15) is 0 Å². The second kappa shape index (κ2) is 4.81. The predicted molar refractivity (Wildman–Crippen MR) is 51.8 cm³/mol. The van der Waals surface area contributed by atoms with Crippen LogP contribution in [0.25, 0.3) is 0 Å². The lowest BCUT2D eigenvalue weighted by molar-refractivity contribution is 0.0519. The molecule has 0 amide bonds. The van der Waals surface area contributed by atoms with Crippen LogP contribution in [-0.2, 0) is 4.74 Å². The SMILES string of the molecule is CCOC(=O)c1cc(Cl)c(OC)cn1. The highest BCUT2D eigenvalue weighted by Gasteiger charge is 2.10. The van der Waals surface area contributed by atoms with E-state index < -0.39 is 5.97 Å². The number of esters is 1. The van der Waals surface area contributed by atoms with E-state index in [1.54, 1.807) is 6.92 Å². The Bertz CT molecular complexity index is 341. The molecular formula is C9H10ClNO3. The van der Waals surface area contributed by atoms with Crippen molar-refractivity contribution in [1.82, 2.24) is 4.98 Å². The van der Waals surface area contributed by atoms with E-state index in [0.29, 0.717) is 17.4 Å². The molecule has 5 heteroatoms. The standard InChI is InChI=1S/C9H10ClNO3/c1-3-14-9(12)7-4-6(10)8(13-2)5-11-7/h4-5H,3H2,1-2H3. The van der Waals surface area contributed by atoms with Crippen LogP contribution in [0.4, 0.5) is 0 Å². The summed E-state index contributed by atoms with van der Waals surface area (Å²) in [6.45, 7) is 2.03. The zero-order chi connectivity index (χ0) is 10.6. The first kappa shape index (κ1) is 10.8. The third-order valence-corrected chi connectivity index (χ3v) is 1.82. The van der Waals surface area contributed by atoms with Crippen LogP contribution in [0.2, 0.25) is 5.02 Å². The number of hydrogen-bond acceptors (Lipinski definition) is 4. The fraction of sp³-hybridized carbons (Fsp3) is 0.333. The number of carbonyl (C=O) groups excluding carboxylic acids is 1. The molecule has 1 rings (SSSR count). The molecule has 0 aliphatic rings. The Labute approximate surface area is 86.8 Å². The lowest BCUT2D eigenvalue weighted by atomic mass is 10.3. The summed E-state index contributed by atoms with van der Waals surface area (Å²) >= 11 is 5.80. The number of ether oxygens (including phenoxy) is 2. The summed E-state index contributed by atoms with van der Waals surface area (Å²) in [6, 6.07) is 1.42. The minimum absolute atomic E-state index is 0.178. The van der Waals surface area contributed by atoms with E-state index in [0.717, 1.165) is 0 Å². The zero-order valence-corrected chi connectivity index (χ0v) is 8.67. The lowest BCUT2D eigenvalue weighted by Crippen LogP contribution is -2.06. The monoisotopic (exact) mass is 215 g/mol. The topological polar surface area (TPSA) is 48.4 Å². The molecule has 0 bridgehead atoms. The molecule has 0 unspecified atom stereocenters.